The first-order valence-electron chi connectivity index (χ1n) is 6.11. The maximum atomic E-state index is 11.6. The van der Waals surface area contributed by atoms with Crippen molar-refractivity contribution >= 4 is 11.9 Å². The van der Waals surface area contributed by atoms with Crippen molar-refractivity contribution < 1.29 is 14.7 Å². The van der Waals surface area contributed by atoms with Crippen LogP contribution in [-0.2, 0) is 9.59 Å². The first-order chi connectivity index (χ1) is 7.60. The Hall–Kier alpha value is -1.06. The fourth-order valence-corrected chi connectivity index (χ4v) is 1.78. The predicted molar refractivity (Wildman–Crippen MR) is 67.7 cm³/mol. The van der Waals surface area contributed by atoms with Gasteiger partial charge in [0.15, 0.2) is 0 Å². The van der Waals surface area contributed by atoms with Crippen molar-refractivity contribution in [2.75, 3.05) is 0 Å². The molecule has 0 aromatic rings. The smallest absolute Gasteiger partial charge is 0.305 e. The summed E-state index contributed by atoms with van der Waals surface area (Å²) >= 11 is 0. The number of carboxylic acid groups (broad SMARTS) is 1. The third kappa shape index (κ3) is 9.85. The second kappa shape index (κ2) is 6.62. The van der Waals surface area contributed by atoms with Gasteiger partial charge in [0.2, 0.25) is 5.91 Å². The van der Waals surface area contributed by atoms with E-state index < -0.39 is 5.97 Å². The zero-order chi connectivity index (χ0) is 13.6. The number of amides is 1. The van der Waals surface area contributed by atoms with Crippen molar-refractivity contribution in [3.05, 3.63) is 0 Å². The molecule has 0 aromatic carbocycles. The second-order valence-electron chi connectivity index (χ2n) is 6.23. The Morgan fingerprint density at radius 2 is 1.71 bits per heavy atom. The van der Waals surface area contributed by atoms with Crippen LogP contribution in [0.5, 0.6) is 0 Å². The van der Waals surface area contributed by atoms with Crippen molar-refractivity contribution in [1.29, 1.82) is 0 Å². The first kappa shape index (κ1) is 15.9. The minimum absolute atomic E-state index is 0.00519. The van der Waals surface area contributed by atoms with Crippen molar-refractivity contribution in [3.63, 3.8) is 0 Å². The van der Waals surface area contributed by atoms with Crippen LogP contribution in [0.25, 0.3) is 0 Å². The lowest BCUT2D eigenvalue weighted by Gasteiger charge is -2.26. The molecular weight excluding hydrogens is 218 g/mol. The van der Waals surface area contributed by atoms with Gasteiger partial charge in [0.05, 0.1) is 6.42 Å². The molecule has 1 atom stereocenters. The highest BCUT2D eigenvalue weighted by Crippen LogP contribution is 2.22. The summed E-state index contributed by atoms with van der Waals surface area (Å²) in [6, 6.07) is -0.279. The molecule has 0 saturated heterocycles. The molecule has 0 aliphatic rings. The van der Waals surface area contributed by atoms with Gasteiger partial charge in [-0.05, 0) is 17.8 Å². The van der Waals surface area contributed by atoms with Crippen LogP contribution in [0.1, 0.15) is 53.9 Å². The summed E-state index contributed by atoms with van der Waals surface area (Å²) in [7, 11) is 0. The molecule has 0 heterocycles. The van der Waals surface area contributed by atoms with Gasteiger partial charge in [-0.25, -0.2) is 0 Å². The van der Waals surface area contributed by atoms with E-state index in [9.17, 15) is 9.59 Å². The fourth-order valence-electron chi connectivity index (χ4n) is 1.78. The summed E-state index contributed by atoms with van der Waals surface area (Å²) in [5.74, 6) is -0.644. The third-order valence-electron chi connectivity index (χ3n) is 2.24. The number of carbonyl (C=O) groups excluding carboxylic acids is 1. The SMILES string of the molecule is CC(C)CC(=O)NC(CC(=O)O)CC(C)(C)C. The summed E-state index contributed by atoms with van der Waals surface area (Å²) in [6.45, 7) is 10.1. The van der Waals surface area contributed by atoms with Crippen molar-refractivity contribution in [2.45, 2.75) is 59.9 Å². The lowest BCUT2D eigenvalue weighted by Crippen LogP contribution is -2.39. The normalized spacial score (nSPS) is 13.5. The largest absolute Gasteiger partial charge is 0.481 e. The molecule has 0 rings (SSSR count). The highest BCUT2D eigenvalue weighted by atomic mass is 16.4. The Kier molecular flexibility index (Phi) is 6.21. The lowest BCUT2D eigenvalue weighted by atomic mass is 9.87. The minimum Gasteiger partial charge on any atom is -0.481 e. The van der Waals surface area contributed by atoms with E-state index in [2.05, 4.69) is 5.32 Å². The van der Waals surface area contributed by atoms with Crippen LogP contribution >= 0.6 is 0 Å². The molecule has 100 valence electrons. The molecule has 4 nitrogen and oxygen atoms in total. The third-order valence-corrected chi connectivity index (χ3v) is 2.24. The van der Waals surface area contributed by atoms with Crippen LogP contribution in [0.4, 0.5) is 0 Å². The molecule has 4 heteroatoms. The molecule has 1 amide bonds. The van der Waals surface area contributed by atoms with E-state index in [0.29, 0.717) is 12.8 Å². The fraction of sp³-hybridized carbons (Fsp3) is 0.846. The van der Waals surface area contributed by atoms with Gasteiger partial charge in [0.25, 0.3) is 0 Å². The Morgan fingerprint density at radius 3 is 2.06 bits per heavy atom. The highest BCUT2D eigenvalue weighted by molar-refractivity contribution is 5.77. The molecule has 2 N–H and O–H groups in total. The van der Waals surface area contributed by atoms with Crippen LogP contribution in [0.3, 0.4) is 0 Å². The minimum atomic E-state index is -0.871. The van der Waals surface area contributed by atoms with Gasteiger partial charge < -0.3 is 10.4 Å². The molecule has 0 radical (unpaired) electrons. The maximum absolute atomic E-state index is 11.6. The zero-order valence-corrected chi connectivity index (χ0v) is 11.5. The van der Waals surface area contributed by atoms with E-state index in [1.54, 1.807) is 0 Å². The molecular formula is C13H25NO3. The topological polar surface area (TPSA) is 66.4 Å². The molecule has 0 saturated carbocycles. The van der Waals surface area contributed by atoms with Gasteiger partial charge in [-0.15, -0.1) is 0 Å². The van der Waals surface area contributed by atoms with Crippen molar-refractivity contribution in [2.24, 2.45) is 11.3 Å². The van der Waals surface area contributed by atoms with E-state index in [-0.39, 0.29) is 29.7 Å². The average Bonchev–Trinajstić information content (AvgIpc) is 1.95. The summed E-state index contributed by atoms with van der Waals surface area (Å²) in [5, 5.41) is 11.6. The van der Waals surface area contributed by atoms with Gasteiger partial charge >= 0.3 is 5.97 Å². The Balaban J connectivity index is 4.38. The van der Waals surface area contributed by atoms with Crippen LogP contribution in [0, 0.1) is 11.3 Å². The standard InChI is InChI=1S/C13H25NO3/c1-9(2)6-11(15)14-10(7-12(16)17)8-13(3,4)5/h9-10H,6-8H2,1-5H3,(H,14,15)(H,16,17). The Bertz CT molecular complexity index is 266. The lowest BCUT2D eigenvalue weighted by molar-refractivity contribution is -0.137. The second-order valence-corrected chi connectivity index (χ2v) is 6.23. The summed E-state index contributed by atoms with van der Waals surface area (Å²) in [6.07, 6.45) is 1.10. The van der Waals surface area contributed by atoms with Crippen LogP contribution in [0.2, 0.25) is 0 Å². The molecule has 0 aromatic heterocycles. The number of carbonyl (C=O) groups is 2. The molecule has 1 unspecified atom stereocenters. The summed E-state index contributed by atoms with van der Waals surface area (Å²) in [4.78, 5) is 22.4. The van der Waals surface area contributed by atoms with Crippen molar-refractivity contribution in [1.82, 2.24) is 5.32 Å². The van der Waals surface area contributed by atoms with Crippen LogP contribution < -0.4 is 5.32 Å². The first-order valence-corrected chi connectivity index (χ1v) is 6.11. The van der Waals surface area contributed by atoms with Crippen LogP contribution in [0.15, 0.2) is 0 Å². The monoisotopic (exact) mass is 243 g/mol. The van der Waals surface area contributed by atoms with Gasteiger partial charge in [-0.3, -0.25) is 9.59 Å². The Labute approximate surface area is 104 Å². The number of aliphatic carboxylic acids is 1. The molecule has 0 aliphatic carbocycles. The number of nitrogens with one attached hydrogen (secondary N) is 1. The summed E-state index contributed by atoms with van der Waals surface area (Å²) < 4.78 is 0. The molecule has 0 aliphatic heterocycles. The van der Waals surface area contributed by atoms with E-state index in [1.807, 2.05) is 34.6 Å². The number of hydrogen-bond donors (Lipinski definition) is 2. The van der Waals surface area contributed by atoms with E-state index >= 15 is 0 Å². The molecule has 17 heavy (non-hydrogen) atoms. The molecule has 0 bridgehead atoms. The van der Waals surface area contributed by atoms with Crippen LogP contribution in [-0.4, -0.2) is 23.0 Å². The molecule has 0 fully saturated rings. The number of rotatable bonds is 6. The van der Waals surface area contributed by atoms with E-state index in [4.69, 9.17) is 5.11 Å². The number of carboxylic acids is 1. The van der Waals surface area contributed by atoms with Gasteiger partial charge in [0, 0.05) is 12.5 Å². The molecule has 0 spiro atoms. The highest BCUT2D eigenvalue weighted by Gasteiger charge is 2.22. The van der Waals surface area contributed by atoms with Gasteiger partial charge in [0.1, 0.15) is 0 Å². The zero-order valence-electron chi connectivity index (χ0n) is 11.5. The van der Waals surface area contributed by atoms with Crippen molar-refractivity contribution in [3.8, 4) is 0 Å². The Morgan fingerprint density at radius 1 is 1.18 bits per heavy atom. The number of hydrogen-bond acceptors (Lipinski definition) is 2. The van der Waals surface area contributed by atoms with E-state index in [0.717, 1.165) is 0 Å². The van der Waals surface area contributed by atoms with E-state index in [1.165, 1.54) is 0 Å². The summed E-state index contributed by atoms with van der Waals surface area (Å²) in [5.41, 5.74) is 0.00519. The van der Waals surface area contributed by atoms with Gasteiger partial charge in [-0.2, -0.15) is 0 Å². The quantitative estimate of drug-likeness (QED) is 0.753. The maximum Gasteiger partial charge on any atom is 0.305 e. The van der Waals surface area contributed by atoms with Gasteiger partial charge in [-0.1, -0.05) is 34.6 Å². The average molecular weight is 243 g/mol. The predicted octanol–water partition coefficient (Wildman–Crippen LogP) is 2.43.